The molecule has 0 heterocycles. The Balaban J connectivity index is 2.77. The lowest BCUT2D eigenvalue weighted by molar-refractivity contribution is 0.179. The number of methoxy groups -OCH3 is 1. The number of guanidine groups is 1. The van der Waals surface area contributed by atoms with E-state index in [9.17, 15) is 5.11 Å². The van der Waals surface area contributed by atoms with Crippen molar-refractivity contribution in [1.82, 2.24) is 10.6 Å². The fourth-order valence-electron chi connectivity index (χ4n) is 2.15. The van der Waals surface area contributed by atoms with Crippen LogP contribution in [0.1, 0.15) is 30.5 Å². The quantitative estimate of drug-likeness (QED) is 0.555. The van der Waals surface area contributed by atoms with Gasteiger partial charge in [-0.3, -0.25) is 0 Å². The van der Waals surface area contributed by atoms with Gasteiger partial charge in [0.2, 0.25) is 0 Å². The standard InChI is InChI=1S/C16H27N3O2/c1-6-17-16(19-13(4)10-21-5)18-9-14-7-11(2)15(20)12(3)8-14/h7-8,13,20H,6,9-10H2,1-5H3,(H2,17,18,19). The lowest BCUT2D eigenvalue weighted by atomic mass is 10.1. The number of rotatable bonds is 6. The highest BCUT2D eigenvalue weighted by Gasteiger charge is 2.06. The Labute approximate surface area is 127 Å². The van der Waals surface area contributed by atoms with E-state index in [4.69, 9.17) is 4.74 Å². The van der Waals surface area contributed by atoms with E-state index in [1.54, 1.807) is 7.11 Å². The second kappa shape index (κ2) is 8.52. The summed E-state index contributed by atoms with van der Waals surface area (Å²) < 4.78 is 5.12. The minimum atomic E-state index is 0.191. The van der Waals surface area contributed by atoms with Crippen LogP contribution in [0.2, 0.25) is 0 Å². The SMILES string of the molecule is CCNC(=NCc1cc(C)c(O)c(C)c1)NC(C)COC. The summed E-state index contributed by atoms with van der Waals surface area (Å²) in [5, 5.41) is 16.3. The van der Waals surface area contributed by atoms with E-state index in [0.717, 1.165) is 29.2 Å². The smallest absolute Gasteiger partial charge is 0.191 e. The van der Waals surface area contributed by atoms with Crippen molar-refractivity contribution in [2.24, 2.45) is 4.99 Å². The zero-order valence-corrected chi connectivity index (χ0v) is 13.7. The zero-order valence-electron chi connectivity index (χ0n) is 13.7. The topological polar surface area (TPSA) is 65.9 Å². The molecule has 1 rings (SSSR count). The second-order valence-corrected chi connectivity index (χ2v) is 5.27. The summed E-state index contributed by atoms with van der Waals surface area (Å²) in [5.74, 6) is 1.13. The number of hydrogen-bond donors (Lipinski definition) is 3. The van der Waals surface area contributed by atoms with Crippen LogP contribution in [-0.4, -0.2) is 37.4 Å². The first kappa shape index (κ1) is 17.3. The molecule has 0 aliphatic heterocycles. The average molecular weight is 293 g/mol. The maximum absolute atomic E-state index is 9.80. The Kier molecular flexibility index (Phi) is 7.02. The summed E-state index contributed by atoms with van der Waals surface area (Å²) in [6.07, 6.45) is 0. The normalized spacial score (nSPS) is 13.1. The zero-order chi connectivity index (χ0) is 15.8. The number of nitrogens with zero attached hydrogens (tertiary/aromatic N) is 1. The number of phenolic OH excluding ortho intramolecular Hbond substituents is 1. The van der Waals surface area contributed by atoms with Gasteiger partial charge in [-0.15, -0.1) is 0 Å². The molecule has 0 amide bonds. The summed E-state index contributed by atoms with van der Waals surface area (Å²) in [7, 11) is 1.68. The Morgan fingerprint density at radius 3 is 2.48 bits per heavy atom. The third-order valence-electron chi connectivity index (χ3n) is 3.11. The molecule has 5 heteroatoms. The molecule has 0 aliphatic rings. The molecule has 0 spiro atoms. The number of aliphatic imine (C=N–C) groups is 1. The van der Waals surface area contributed by atoms with Crippen LogP contribution in [0.25, 0.3) is 0 Å². The van der Waals surface area contributed by atoms with E-state index in [0.29, 0.717) is 18.9 Å². The maximum Gasteiger partial charge on any atom is 0.191 e. The van der Waals surface area contributed by atoms with Crippen LogP contribution in [0.3, 0.4) is 0 Å². The summed E-state index contributed by atoms with van der Waals surface area (Å²) >= 11 is 0. The van der Waals surface area contributed by atoms with Gasteiger partial charge in [0.15, 0.2) is 5.96 Å². The molecule has 21 heavy (non-hydrogen) atoms. The largest absolute Gasteiger partial charge is 0.507 e. The van der Waals surface area contributed by atoms with Gasteiger partial charge in [0.25, 0.3) is 0 Å². The van der Waals surface area contributed by atoms with E-state index in [1.165, 1.54) is 0 Å². The number of nitrogens with one attached hydrogen (secondary N) is 2. The van der Waals surface area contributed by atoms with E-state index in [2.05, 4.69) is 15.6 Å². The third kappa shape index (κ3) is 5.63. The van der Waals surface area contributed by atoms with Crippen molar-refractivity contribution in [2.45, 2.75) is 40.3 Å². The first-order valence-electron chi connectivity index (χ1n) is 7.30. The molecule has 0 radical (unpaired) electrons. The monoisotopic (exact) mass is 293 g/mol. The van der Waals surface area contributed by atoms with Gasteiger partial charge in [-0.25, -0.2) is 4.99 Å². The number of phenols is 1. The molecule has 0 bridgehead atoms. The highest BCUT2D eigenvalue weighted by molar-refractivity contribution is 5.80. The first-order chi connectivity index (χ1) is 9.97. The number of benzene rings is 1. The van der Waals surface area contributed by atoms with Gasteiger partial charge in [0.1, 0.15) is 5.75 Å². The van der Waals surface area contributed by atoms with Crippen LogP contribution in [0.15, 0.2) is 17.1 Å². The van der Waals surface area contributed by atoms with Crippen molar-refractivity contribution in [3.63, 3.8) is 0 Å². The molecular weight excluding hydrogens is 266 g/mol. The van der Waals surface area contributed by atoms with Gasteiger partial charge >= 0.3 is 0 Å². The summed E-state index contributed by atoms with van der Waals surface area (Å²) in [5.41, 5.74) is 2.84. The molecule has 1 aromatic rings. The van der Waals surface area contributed by atoms with Crippen LogP contribution in [0.5, 0.6) is 5.75 Å². The average Bonchev–Trinajstić information content (AvgIpc) is 2.42. The first-order valence-corrected chi connectivity index (χ1v) is 7.30. The molecule has 1 aromatic carbocycles. The van der Waals surface area contributed by atoms with Gasteiger partial charge in [0, 0.05) is 19.7 Å². The van der Waals surface area contributed by atoms with Crippen molar-refractivity contribution >= 4 is 5.96 Å². The Bertz CT molecular complexity index is 463. The molecule has 118 valence electrons. The van der Waals surface area contributed by atoms with E-state index < -0.39 is 0 Å². The van der Waals surface area contributed by atoms with Crippen LogP contribution in [0.4, 0.5) is 0 Å². The van der Waals surface area contributed by atoms with Crippen molar-refractivity contribution in [2.75, 3.05) is 20.3 Å². The van der Waals surface area contributed by atoms with Gasteiger partial charge < -0.3 is 20.5 Å². The van der Waals surface area contributed by atoms with Crippen molar-refractivity contribution in [1.29, 1.82) is 0 Å². The number of aryl methyl sites for hydroxylation is 2. The Morgan fingerprint density at radius 2 is 1.95 bits per heavy atom. The minimum absolute atomic E-state index is 0.191. The molecule has 0 aromatic heterocycles. The predicted octanol–water partition coefficient (Wildman–Crippen LogP) is 2.10. The minimum Gasteiger partial charge on any atom is -0.507 e. The number of aromatic hydroxyl groups is 1. The molecule has 0 saturated heterocycles. The van der Waals surface area contributed by atoms with Crippen LogP contribution < -0.4 is 10.6 Å². The lowest BCUT2D eigenvalue weighted by Gasteiger charge is -2.17. The van der Waals surface area contributed by atoms with Crippen LogP contribution in [-0.2, 0) is 11.3 Å². The Hall–Kier alpha value is -1.75. The van der Waals surface area contributed by atoms with E-state index in [1.807, 2.05) is 39.8 Å². The van der Waals surface area contributed by atoms with Gasteiger partial charge in [-0.05, 0) is 44.4 Å². The van der Waals surface area contributed by atoms with Gasteiger partial charge in [0.05, 0.1) is 13.2 Å². The van der Waals surface area contributed by atoms with Crippen LogP contribution >= 0.6 is 0 Å². The lowest BCUT2D eigenvalue weighted by Crippen LogP contribution is -2.43. The molecule has 5 nitrogen and oxygen atoms in total. The molecule has 0 aliphatic carbocycles. The highest BCUT2D eigenvalue weighted by Crippen LogP contribution is 2.23. The molecule has 0 fully saturated rings. The van der Waals surface area contributed by atoms with Crippen molar-refractivity contribution < 1.29 is 9.84 Å². The molecule has 3 N–H and O–H groups in total. The third-order valence-corrected chi connectivity index (χ3v) is 3.11. The van der Waals surface area contributed by atoms with Crippen LogP contribution in [0, 0.1) is 13.8 Å². The molecular formula is C16H27N3O2. The molecule has 1 atom stereocenters. The van der Waals surface area contributed by atoms with Crippen molar-refractivity contribution in [3.05, 3.63) is 28.8 Å². The predicted molar refractivity (Wildman–Crippen MR) is 86.9 cm³/mol. The fourth-order valence-corrected chi connectivity index (χ4v) is 2.15. The summed E-state index contributed by atoms with van der Waals surface area (Å²) in [6, 6.07) is 4.12. The summed E-state index contributed by atoms with van der Waals surface area (Å²) in [6.45, 7) is 9.88. The Morgan fingerprint density at radius 1 is 1.33 bits per heavy atom. The fraction of sp³-hybridized carbons (Fsp3) is 0.562. The number of ether oxygens (including phenoxy) is 1. The maximum atomic E-state index is 9.80. The van der Waals surface area contributed by atoms with Gasteiger partial charge in [-0.1, -0.05) is 12.1 Å². The number of hydrogen-bond acceptors (Lipinski definition) is 3. The van der Waals surface area contributed by atoms with E-state index in [-0.39, 0.29) is 6.04 Å². The van der Waals surface area contributed by atoms with Crippen molar-refractivity contribution in [3.8, 4) is 5.75 Å². The molecule has 1 unspecified atom stereocenters. The van der Waals surface area contributed by atoms with Gasteiger partial charge in [-0.2, -0.15) is 0 Å². The second-order valence-electron chi connectivity index (χ2n) is 5.27. The summed E-state index contributed by atoms with van der Waals surface area (Å²) in [4.78, 5) is 4.58. The highest BCUT2D eigenvalue weighted by atomic mass is 16.5. The molecule has 0 saturated carbocycles. The van der Waals surface area contributed by atoms with E-state index >= 15 is 0 Å².